The van der Waals surface area contributed by atoms with E-state index >= 15 is 0 Å². The van der Waals surface area contributed by atoms with Gasteiger partial charge < -0.3 is 9.84 Å². The summed E-state index contributed by atoms with van der Waals surface area (Å²) in [5.74, 6) is 0.486. The molecule has 0 saturated heterocycles. The van der Waals surface area contributed by atoms with Crippen molar-refractivity contribution >= 4 is 21.9 Å². The van der Waals surface area contributed by atoms with Crippen LogP contribution >= 0.6 is 15.9 Å². The molecule has 0 unspecified atom stereocenters. The lowest BCUT2D eigenvalue weighted by Crippen LogP contribution is -2.45. The second kappa shape index (κ2) is 6.55. The lowest BCUT2D eigenvalue weighted by Gasteiger charge is -2.44. The quantitative estimate of drug-likeness (QED) is 0.660. The number of rotatable bonds is 5. The van der Waals surface area contributed by atoms with E-state index in [0.29, 0.717) is 11.5 Å². The van der Waals surface area contributed by atoms with Crippen LogP contribution in [0, 0.1) is 17.8 Å². The molecule has 1 aromatic carbocycles. The molecule has 0 radical (unpaired) electrons. The van der Waals surface area contributed by atoms with Crippen molar-refractivity contribution in [3.05, 3.63) is 47.0 Å². The molecule has 1 fully saturated rings. The van der Waals surface area contributed by atoms with Gasteiger partial charge in [0.2, 0.25) is 0 Å². The van der Waals surface area contributed by atoms with Crippen LogP contribution in [0.5, 0.6) is 0 Å². The van der Waals surface area contributed by atoms with Crippen LogP contribution in [0.3, 0.4) is 0 Å². The zero-order valence-corrected chi connectivity index (χ0v) is 13.0. The van der Waals surface area contributed by atoms with Gasteiger partial charge in [0.1, 0.15) is 6.10 Å². The van der Waals surface area contributed by atoms with Gasteiger partial charge in [-0.05, 0) is 42.5 Å². The molecule has 2 rings (SSSR count). The third-order valence-electron chi connectivity index (χ3n) is 4.11. The minimum atomic E-state index is -0.348. The molecule has 1 aromatic rings. The van der Waals surface area contributed by atoms with E-state index in [1.165, 1.54) is 0 Å². The topological polar surface area (TPSA) is 46.5 Å². The van der Waals surface area contributed by atoms with Crippen LogP contribution in [0.4, 0.5) is 0 Å². The van der Waals surface area contributed by atoms with Crippen LogP contribution in [0.2, 0.25) is 0 Å². The molecule has 20 heavy (non-hydrogen) atoms. The highest BCUT2D eigenvalue weighted by molar-refractivity contribution is 9.10. The van der Waals surface area contributed by atoms with Crippen molar-refractivity contribution in [2.45, 2.75) is 19.4 Å². The average molecular weight is 339 g/mol. The summed E-state index contributed by atoms with van der Waals surface area (Å²) in [6.45, 7) is 5.99. The molecule has 108 valence electrons. The summed E-state index contributed by atoms with van der Waals surface area (Å²) in [6.07, 6.45) is 2.28. The van der Waals surface area contributed by atoms with Crippen molar-refractivity contribution in [3.8, 4) is 0 Å². The van der Waals surface area contributed by atoms with E-state index in [0.717, 1.165) is 10.9 Å². The zero-order chi connectivity index (χ0) is 14.7. The van der Waals surface area contributed by atoms with Gasteiger partial charge in [-0.1, -0.05) is 35.5 Å². The summed E-state index contributed by atoms with van der Waals surface area (Å²) in [7, 11) is 0. The molecule has 1 saturated carbocycles. The highest BCUT2D eigenvalue weighted by Crippen LogP contribution is 2.43. The number of esters is 1. The number of benzene rings is 1. The van der Waals surface area contributed by atoms with Crippen LogP contribution in [-0.4, -0.2) is 23.8 Å². The standard InChI is InChI=1S/C16H19BrO3/c1-3-15(13-8-10(2)14(13)9-18)20-16(19)11-4-6-12(17)7-5-11/h3-7,10,13-15,18H,1,8-9H2,2H3/t10-,13-,14-,15+/m1/s1. The van der Waals surface area contributed by atoms with Crippen molar-refractivity contribution in [1.29, 1.82) is 0 Å². The lowest BCUT2D eigenvalue weighted by molar-refractivity contribution is -0.0473. The van der Waals surface area contributed by atoms with Gasteiger partial charge in [-0.3, -0.25) is 0 Å². The minimum Gasteiger partial charge on any atom is -0.454 e. The van der Waals surface area contributed by atoms with Crippen molar-refractivity contribution in [1.82, 2.24) is 0 Å². The van der Waals surface area contributed by atoms with Crippen LogP contribution in [0.1, 0.15) is 23.7 Å². The van der Waals surface area contributed by atoms with Crippen LogP contribution in [-0.2, 0) is 4.74 Å². The van der Waals surface area contributed by atoms with Gasteiger partial charge >= 0.3 is 5.97 Å². The zero-order valence-electron chi connectivity index (χ0n) is 11.5. The van der Waals surface area contributed by atoms with Crippen molar-refractivity contribution in [3.63, 3.8) is 0 Å². The molecule has 4 heteroatoms. The summed E-state index contributed by atoms with van der Waals surface area (Å²) in [6, 6.07) is 7.06. The monoisotopic (exact) mass is 338 g/mol. The minimum absolute atomic E-state index is 0.131. The summed E-state index contributed by atoms with van der Waals surface area (Å²) in [4.78, 5) is 12.1. The number of ether oxygens (including phenoxy) is 1. The molecule has 0 aliphatic heterocycles. The first-order valence-electron chi connectivity index (χ1n) is 6.76. The number of carbonyl (C=O) groups excluding carboxylic acids is 1. The number of hydrogen-bond acceptors (Lipinski definition) is 3. The summed E-state index contributed by atoms with van der Waals surface area (Å²) < 4.78 is 6.45. The second-order valence-corrected chi connectivity index (χ2v) is 6.25. The summed E-state index contributed by atoms with van der Waals surface area (Å²) >= 11 is 3.33. The average Bonchev–Trinajstić information content (AvgIpc) is 2.43. The van der Waals surface area contributed by atoms with Gasteiger partial charge in [0.25, 0.3) is 0 Å². The van der Waals surface area contributed by atoms with Gasteiger partial charge in [0.15, 0.2) is 0 Å². The normalized spacial score (nSPS) is 26.4. The number of halogens is 1. The molecule has 0 heterocycles. The number of hydrogen-bond donors (Lipinski definition) is 1. The fourth-order valence-corrected chi connectivity index (χ4v) is 3.05. The third kappa shape index (κ3) is 3.13. The van der Waals surface area contributed by atoms with E-state index in [9.17, 15) is 9.90 Å². The molecule has 4 atom stereocenters. The molecule has 1 aliphatic rings. The Kier molecular flexibility index (Phi) is 5.00. The predicted molar refractivity (Wildman–Crippen MR) is 81.4 cm³/mol. The first-order valence-corrected chi connectivity index (χ1v) is 7.56. The van der Waals surface area contributed by atoms with Crippen LogP contribution in [0.15, 0.2) is 41.4 Å². The maximum absolute atomic E-state index is 12.1. The van der Waals surface area contributed by atoms with Gasteiger partial charge in [-0.15, -0.1) is 0 Å². The van der Waals surface area contributed by atoms with E-state index in [1.54, 1.807) is 18.2 Å². The maximum atomic E-state index is 12.1. The molecule has 0 amide bonds. The first kappa shape index (κ1) is 15.3. The highest BCUT2D eigenvalue weighted by atomic mass is 79.9. The Balaban J connectivity index is 2.01. The van der Waals surface area contributed by atoms with E-state index in [4.69, 9.17) is 4.74 Å². The summed E-state index contributed by atoms with van der Waals surface area (Å²) in [5.41, 5.74) is 0.521. The van der Waals surface area contributed by atoms with E-state index in [-0.39, 0.29) is 30.5 Å². The van der Waals surface area contributed by atoms with Crippen LogP contribution in [0.25, 0.3) is 0 Å². The van der Waals surface area contributed by atoms with E-state index in [1.807, 2.05) is 12.1 Å². The Bertz CT molecular complexity index is 483. The molecule has 0 spiro atoms. The second-order valence-electron chi connectivity index (χ2n) is 5.34. The van der Waals surface area contributed by atoms with Gasteiger partial charge in [0, 0.05) is 17.0 Å². The largest absolute Gasteiger partial charge is 0.454 e. The predicted octanol–water partition coefficient (Wildman–Crippen LogP) is 3.43. The molecule has 0 aromatic heterocycles. The van der Waals surface area contributed by atoms with Crippen molar-refractivity contribution in [2.24, 2.45) is 17.8 Å². The maximum Gasteiger partial charge on any atom is 0.338 e. The Hall–Kier alpha value is -1.13. The number of aliphatic hydroxyl groups is 1. The van der Waals surface area contributed by atoms with Crippen molar-refractivity contribution in [2.75, 3.05) is 6.61 Å². The van der Waals surface area contributed by atoms with Gasteiger partial charge in [0.05, 0.1) is 5.56 Å². The molecular formula is C16H19BrO3. The highest BCUT2D eigenvalue weighted by Gasteiger charge is 2.42. The molecule has 1 aliphatic carbocycles. The fourth-order valence-electron chi connectivity index (χ4n) is 2.79. The Morgan fingerprint density at radius 2 is 2.20 bits per heavy atom. The van der Waals surface area contributed by atoms with Crippen LogP contribution < -0.4 is 0 Å². The molecule has 3 nitrogen and oxygen atoms in total. The molecular weight excluding hydrogens is 320 g/mol. The Labute approximate surface area is 127 Å². The fraction of sp³-hybridized carbons (Fsp3) is 0.438. The Morgan fingerprint density at radius 1 is 1.55 bits per heavy atom. The molecule has 0 bridgehead atoms. The smallest absolute Gasteiger partial charge is 0.338 e. The first-order chi connectivity index (χ1) is 9.56. The summed E-state index contributed by atoms with van der Waals surface area (Å²) in [5, 5.41) is 9.37. The number of aliphatic hydroxyl groups excluding tert-OH is 1. The SMILES string of the molecule is C=C[C@H](OC(=O)c1ccc(Br)cc1)[C@@H]1C[C@@H](C)[C@H]1CO. The lowest BCUT2D eigenvalue weighted by atomic mass is 9.63. The van der Waals surface area contributed by atoms with E-state index < -0.39 is 0 Å². The molecule has 1 N–H and O–H groups in total. The van der Waals surface area contributed by atoms with Gasteiger partial charge in [-0.25, -0.2) is 4.79 Å². The third-order valence-corrected chi connectivity index (χ3v) is 4.64. The van der Waals surface area contributed by atoms with E-state index in [2.05, 4.69) is 29.4 Å². The van der Waals surface area contributed by atoms with Crippen molar-refractivity contribution < 1.29 is 14.6 Å². The number of carbonyl (C=O) groups is 1. The van der Waals surface area contributed by atoms with Gasteiger partial charge in [-0.2, -0.15) is 0 Å². The Morgan fingerprint density at radius 3 is 2.70 bits per heavy atom.